The lowest BCUT2D eigenvalue weighted by Gasteiger charge is -2.11. The Morgan fingerprint density at radius 1 is 1.50 bits per heavy atom. The minimum absolute atomic E-state index is 0.106. The van der Waals surface area contributed by atoms with Crippen LogP contribution in [-0.4, -0.2) is 43.9 Å². The average Bonchev–Trinajstić information content (AvgIpc) is 3.06. The van der Waals surface area contributed by atoms with Crippen LogP contribution >= 0.6 is 23.1 Å². The van der Waals surface area contributed by atoms with Gasteiger partial charge in [0, 0.05) is 18.1 Å². The molecule has 2 rings (SSSR count). The predicted octanol–water partition coefficient (Wildman–Crippen LogP) is 1.59. The lowest BCUT2D eigenvalue weighted by atomic mass is 10.1. The van der Waals surface area contributed by atoms with Gasteiger partial charge in [0.2, 0.25) is 0 Å². The van der Waals surface area contributed by atoms with Crippen LogP contribution in [0, 0.1) is 6.92 Å². The molecule has 0 aliphatic rings. The molecule has 0 fully saturated rings. The average molecular weight is 340 g/mol. The van der Waals surface area contributed by atoms with Crippen LogP contribution in [0.1, 0.15) is 23.5 Å². The molecule has 0 aliphatic heterocycles. The zero-order valence-electron chi connectivity index (χ0n) is 12.5. The summed E-state index contributed by atoms with van der Waals surface area (Å²) in [7, 11) is 1.79. The fourth-order valence-corrected chi connectivity index (χ4v) is 3.42. The van der Waals surface area contributed by atoms with Gasteiger partial charge in [0.25, 0.3) is 0 Å². The Labute approximate surface area is 136 Å². The summed E-state index contributed by atoms with van der Waals surface area (Å²) in [5, 5.41) is 10.5. The smallest absolute Gasteiger partial charge is 0.323 e. The van der Waals surface area contributed by atoms with Gasteiger partial charge >= 0.3 is 5.97 Å². The molecule has 2 heterocycles. The number of thioether (sulfide) groups is 1. The van der Waals surface area contributed by atoms with Gasteiger partial charge in [-0.25, -0.2) is 4.98 Å². The number of ether oxygens (including phenoxy) is 1. The molecular weight excluding hydrogens is 324 g/mol. The molecule has 0 radical (unpaired) electrons. The van der Waals surface area contributed by atoms with Crippen LogP contribution < -0.4 is 0 Å². The van der Waals surface area contributed by atoms with E-state index in [0.717, 1.165) is 5.69 Å². The van der Waals surface area contributed by atoms with Crippen molar-refractivity contribution in [1.29, 1.82) is 0 Å². The zero-order valence-corrected chi connectivity index (χ0v) is 14.1. The maximum absolute atomic E-state index is 12.5. The van der Waals surface area contributed by atoms with E-state index < -0.39 is 11.9 Å². The molecule has 7 nitrogen and oxygen atoms in total. The van der Waals surface area contributed by atoms with Gasteiger partial charge in [0.15, 0.2) is 16.9 Å². The summed E-state index contributed by atoms with van der Waals surface area (Å²) in [5.41, 5.74) is 0.781. The standard InChI is InChI=1S/C13H16N4O3S2/c1-4-20-12(19)10(11-15-8(2)5-21-11)9(18)6-22-13-16-14-7-17(13)3/h5,7,10H,4,6H2,1-3H3/t10-/m0/s1. The van der Waals surface area contributed by atoms with E-state index in [1.165, 1.54) is 23.1 Å². The number of Topliss-reactive ketones (excluding diaryl/α,β-unsaturated/α-hetero) is 1. The molecule has 0 spiro atoms. The lowest BCUT2D eigenvalue weighted by Crippen LogP contribution is -2.25. The number of esters is 1. The van der Waals surface area contributed by atoms with E-state index in [9.17, 15) is 9.59 Å². The van der Waals surface area contributed by atoms with E-state index in [4.69, 9.17) is 4.74 Å². The third-order valence-corrected chi connectivity index (χ3v) is 4.83. The summed E-state index contributed by atoms with van der Waals surface area (Å²) in [6, 6.07) is 0. The third kappa shape index (κ3) is 3.92. The lowest BCUT2D eigenvalue weighted by molar-refractivity contribution is -0.147. The number of rotatable bonds is 7. The summed E-state index contributed by atoms with van der Waals surface area (Å²) < 4.78 is 6.73. The van der Waals surface area contributed by atoms with Gasteiger partial charge in [-0.1, -0.05) is 11.8 Å². The molecule has 22 heavy (non-hydrogen) atoms. The van der Waals surface area contributed by atoms with Gasteiger partial charge in [-0.3, -0.25) is 9.59 Å². The van der Waals surface area contributed by atoms with E-state index in [0.29, 0.717) is 10.2 Å². The van der Waals surface area contributed by atoms with Gasteiger partial charge < -0.3 is 9.30 Å². The van der Waals surface area contributed by atoms with Crippen molar-refractivity contribution >= 4 is 34.9 Å². The molecule has 0 aromatic carbocycles. The molecule has 0 bridgehead atoms. The quantitative estimate of drug-likeness (QED) is 0.430. The van der Waals surface area contributed by atoms with Gasteiger partial charge in [-0.2, -0.15) is 0 Å². The fourth-order valence-electron chi connectivity index (χ4n) is 1.72. The molecule has 0 N–H and O–H groups in total. The van der Waals surface area contributed by atoms with Gasteiger partial charge in [0.1, 0.15) is 11.3 Å². The van der Waals surface area contributed by atoms with E-state index in [-0.39, 0.29) is 18.1 Å². The first-order chi connectivity index (χ1) is 10.5. The number of carbonyl (C=O) groups is 2. The van der Waals surface area contributed by atoms with Crippen LogP contribution in [-0.2, 0) is 21.4 Å². The van der Waals surface area contributed by atoms with Gasteiger partial charge in [0.05, 0.1) is 12.4 Å². The van der Waals surface area contributed by atoms with Crippen molar-refractivity contribution in [2.45, 2.75) is 24.9 Å². The van der Waals surface area contributed by atoms with Gasteiger partial charge in [-0.15, -0.1) is 21.5 Å². The first-order valence-electron chi connectivity index (χ1n) is 6.61. The number of ketones is 1. The number of hydrogen-bond donors (Lipinski definition) is 0. The Kier molecular flexibility index (Phi) is 5.67. The Morgan fingerprint density at radius 2 is 2.27 bits per heavy atom. The highest BCUT2D eigenvalue weighted by Crippen LogP contribution is 2.25. The molecule has 9 heteroatoms. The minimum atomic E-state index is -0.973. The van der Waals surface area contributed by atoms with Gasteiger partial charge in [-0.05, 0) is 13.8 Å². The SMILES string of the molecule is CCOC(=O)[C@@H](C(=O)CSc1nncn1C)c1nc(C)cs1. The first-order valence-corrected chi connectivity index (χ1v) is 8.47. The van der Waals surface area contributed by atoms with Crippen LogP contribution in [0.3, 0.4) is 0 Å². The predicted molar refractivity (Wildman–Crippen MR) is 83.0 cm³/mol. The summed E-state index contributed by atoms with van der Waals surface area (Å²) in [4.78, 5) is 28.8. The van der Waals surface area contributed by atoms with Crippen LogP contribution in [0.25, 0.3) is 0 Å². The van der Waals surface area contributed by atoms with Crippen LogP contribution in [0.4, 0.5) is 0 Å². The molecule has 0 aliphatic carbocycles. The van der Waals surface area contributed by atoms with E-state index in [1.54, 1.807) is 24.9 Å². The number of thiazole rings is 1. The number of aryl methyl sites for hydroxylation is 2. The molecule has 0 unspecified atom stereocenters. The molecule has 0 saturated carbocycles. The molecule has 0 amide bonds. The molecular formula is C13H16N4O3S2. The minimum Gasteiger partial charge on any atom is -0.465 e. The van der Waals surface area contributed by atoms with Crippen molar-refractivity contribution in [2.24, 2.45) is 7.05 Å². The highest BCUT2D eigenvalue weighted by Gasteiger charge is 2.32. The van der Waals surface area contributed by atoms with Crippen molar-refractivity contribution in [2.75, 3.05) is 12.4 Å². The van der Waals surface area contributed by atoms with Crippen molar-refractivity contribution < 1.29 is 14.3 Å². The zero-order chi connectivity index (χ0) is 16.1. The Bertz CT molecular complexity index is 668. The Morgan fingerprint density at radius 3 is 2.82 bits per heavy atom. The van der Waals surface area contributed by atoms with E-state index in [2.05, 4.69) is 15.2 Å². The molecule has 1 atom stereocenters. The number of hydrogen-bond acceptors (Lipinski definition) is 8. The molecule has 118 valence electrons. The maximum atomic E-state index is 12.5. The highest BCUT2D eigenvalue weighted by molar-refractivity contribution is 7.99. The van der Waals surface area contributed by atoms with Crippen molar-refractivity contribution in [3.63, 3.8) is 0 Å². The summed E-state index contributed by atoms with van der Waals surface area (Å²) in [6.07, 6.45) is 1.56. The second-order valence-electron chi connectivity index (χ2n) is 4.49. The normalized spacial score (nSPS) is 12.1. The van der Waals surface area contributed by atoms with E-state index in [1.807, 2.05) is 12.3 Å². The second-order valence-corrected chi connectivity index (χ2v) is 6.32. The monoisotopic (exact) mass is 340 g/mol. The van der Waals surface area contributed by atoms with Crippen LogP contribution in [0.2, 0.25) is 0 Å². The summed E-state index contributed by atoms with van der Waals surface area (Å²) in [6.45, 7) is 3.76. The van der Waals surface area contributed by atoms with Crippen LogP contribution in [0.5, 0.6) is 0 Å². The number of nitrogens with zero attached hydrogens (tertiary/aromatic N) is 4. The topological polar surface area (TPSA) is 87.0 Å². The van der Waals surface area contributed by atoms with Crippen molar-refractivity contribution in [3.05, 3.63) is 22.4 Å². The second kappa shape index (κ2) is 7.50. The van der Waals surface area contributed by atoms with Crippen molar-refractivity contribution in [3.8, 4) is 0 Å². The first kappa shape index (κ1) is 16.6. The molecule has 2 aromatic rings. The van der Waals surface area contributed by atoms with Crippen molar-refractivity contribution in [1.82, 2.24) is 19.7 Å². The molecule has 0 saturated heterocycles. The number of aromatic nitrogens is 4. The summed E-state index contributed by atoms with van der Waals surface area (Å²) in [5.74, 6) is -1.67. The third-order valence-electron chi connectivity index (χ3n) is 2.74. The summed E-state index contributed by atoms with van der Waals surface area (Å²) >= 11 is 2.53. The Balaban J connectivity index is 2.12. The van der Waals surface area contributed by atoms with E-state index >= 15 is 0 Å². The van der Waals surface area contributed by atoms with Crippen LogP contribution in [0.15, 0.2) is 16.9 Å². The highest BCUT2D eigenvalue weighted by atomic mass is 32.2. The fraction of sp³-hybridized carbons (Fsp3) is 0.462. The molecule has 2 aromatic heterocycles. The maximum Gasteiger partial charge on any atom is 0.323 e. The largest absolute Gasteiger partial charge is 0.465 e. The Hall–Kier alpha value is -1.74. The number of carbonyl (C=O) groups excluding carboxylic acids is 2.